The van der Waals surface area contributed by atoms with Crippen LogP contribution in [0.1, 0.15) is 5.56 Å². The third kappa shape index (κ3) is 3.36. The van der Waals surface area contributed by atoms with Gasteiger partial charge in [0.1, 0.15) is 11.0 Å². The van der Waals surface area contributed by atoms with Crippen molar-refractivity contribution in [3.63, 3.8) is 0 Å². The van der Waals surface area contributed by atoms with E-state index in [9.17, 15) is 0 Å². The molecular formula is C18H16ClN5. The van der Waals surface area contributed by atoms with Crippen molar-refractivity contribution in [3.8, 4) is 0 Å². The maximum Gasteiger partial charge on any atom is 0.138 e. The summed E-state index contributed by atoms with van der Waals surface area (Å²) in [6.07, 6.45) is 6.72. The molecule has 2 aromatic heterocycles. The fraction of sp³-hybridized carbons (Fsp3) is 0.0556. The number of benzene rings is 1. The topological polar surface area (TPSA) is 76.2 Å². The van der Waals surface area contributed by atoms with Gasteiger partial charge in [0.2, 0.25) is 0 Å². The van der Waals surface area contributed by atoms with Crippen molar-refractivity contribution in [1.82, 2.24) is 9.97 Å². The van der Waals surface area contributed by atoms with Gasteiger partial charge in [0.15, 0.2) is 0 Å². The SMILES string of the molecule is CN=CC(=CN)c1ccc2c(Nc3ccc(Cl)nc3)nccc2c1. The third-order valence-electron chi connectivity index (χ3n) is 3.54. The van der Waals surface area contributed by atoms with Crippen molar-refractivity contribution in [2.45, 2.75) is 0 Å². The number of anilines is 2. The van der Waals surface area contributed by atoms with Gasteiger partial charge in [-0.25, -0.2) is 9.97 Å². The molecule has 120 valence electrons. The summed E-state index contributed by atoms with van der Waals surface area (Å²) < 4.78 is 0. The summed E-state index contributed by atoms with van der Waals surface area (Å²) in [5.41, 5.74) is 8.38. The second kappa shape index (κ2) is 7.10. The van der Waals surface area contributed by atoms with E-state index in [0.717, 1.165) is 33.4 Å². The van der Waals surface area contributed by atoms with Gasteiger partial charge >= 0.3 is 0 Å². The molecule has 6 heteroatoms. The molecule has 0 saturated carbocycles. The maximum atomic E-state index is 5.82. The Morgan fingerprint density at radius 1 is 1.21 bits per heavy atom. The number of nitrogens with two attached hydrogens (primary N) is 1. The van der Waals surface area contributed by atoms with Crippen molar-refractivity contribution >= 4 is 45.7 Å². The van der Waals surface area contributed by atoms with Crippen LogP contribution in [-0.2, 0) is 0 Å². The van der Waals surface area contributed by atoms with Crippen LogP contribution in [0.2, 0.25) is 5.15 Å². The van der Waals surface area contributed by atoms with Crippen LogP contribution in [-0.4, -0.2) is 23.2 Å². The Balaban J connectivity index is 2.00. The molecule has 0 saturated heterocycles. The van der Waals surface area contributed by atoms with Crippen LogP contribution in [0.3, 0.4) is 0 Å². The fourth-order valence-electron chi connectivity index (χ4n) is 2.40. The summed E-state index contributed by atoms with van der Waals surface area (Å²) in [5, 5.41) is 5.77. The highest BCUT2D eigenvalue weighted by Crippen LogP contribution is 2.27. The quantitative estimate of drug-likeness (QED) is 0.556. The van der Waals surface area contributed by atoms with Gasteiger partial charge in [-0.15, -0.1) is 0 Å². The smallest absolute Gasteiger partial charge is 0.138 e. The molecule has 3 rings (SSSR count). The van der Waals surface area contributed by atoms with Crippen LogP contribution in [0.5, 0.6) is 0 Å². The van der Waals surface area contributed by atoms with Gasteiger partial charge in [-0.2, -0.15) is 0 Å². The number of aliphatic imine (C=N–C) groups is 1. The normalized spacial score (nSPS) is 12.0. The standard InChI is InChI=1S/C18H16ClN5/c1-21-10-14(9-20)12-2-4-16-13(8-12)6-7-22-18(16)24-15-3-5-17(19)23-11-15/h2-11H,20H2,1H3,(H,22,24). The first-order valence-electron chi connectivity index (χ1n) is 7.33. The molecule has 0 fully saturated rings. The van der Waals surface area contributed by atoms with E-state index in [1.54, 1.807) is 37.9 Å². The lowest BCUT2D eigenvalue weighted by molar-refractivity contribution is 1.29. The molecule has 0 spiro atoms. The fourth-order valence-corrected chi connectivity index (χ4v) is 2.51. The van der Waals surface area contributed by atoms with Crippen LogP contribution in [0.15, 0.2) is 60.0 Å². The predicted molar refractivity (Wildman–Crippen MR) is 101 cm³/mol. The van der Waals surface area contributed by atoms with E-state index in [0.29, 0.717) is 5.15 Å². The summed E-state index contributed by atoms with van der Waals surface area (Å²) >= 11 is 5.82. The van der Waals surface area contributed by atoms with Crippen LogP contribution < -0.4 is 11.1 Å². The summed E-state index contributed by atoms with van der Waals surface area (Å²) in [6.45, 7) is 0. The lowest BCUT2D eigenvalue weighted by Crippen LogP contribution is -1.96. The Kier molecular flexibility index (Phi) is 4.72. The van der Waals surface area contributed by atoms with Crippen molar-refractivity contribution in [1.29, 1.82) is 0 Å². The first-order chi connectivity index (χ1) is 11.7. The minimum atomic E-state index is 0.453. The van der Waals surface area contributed by atoms with Crippen molar-refractivity contribution in [2.75, 3.05) is 12.4 Å². The molecule has 24 heavy (non-hydrogen) atoms. The van der Waals surface area contributed by atoms with Crippen molar-refractivity contribution in [3.05, 3.63) is 65.7 Å². The van der Waals surface area contributed by atoms with E-state index in [-0.39, 0.29) is 0 Å². The molecule has 0 bridgehead atoms. The predicted octanol–water partition coefficient (Wildman–Crippen LogP) is 4.03. The van der Waals surface area contributed by atoms with Gasteiger partial charge in [0, 0.05) is 36.6 Å². The Bertz CT molecular complexity index is 916. The molecule has 2 heterocycles. The van der Waals surface area contributed by atoms with Crippen LogP contribution >= 0.6 is 11.6 Å². The van der Waals surface area contributed by atoms with Crippen LogP contribution in [0, 0.1) is 0 Å². The largest absolute Gasteiger partial charge is 0.404 e. The van der Waals surface area contributed by atoms with Gasteiger partial charge in [0.25, 0.3) is 0 Å². The number of hydrogen-bond acceptors (Lipinski definition) is 5. The molecule has 0 aliphatic rings. The Labute approximate surface area is 144 Å². The summed E-state index contributed by atoms with van der Waals surface area (Å²) in [5.74, 6) is 0.755. The molecule has 0 atom stereocenters. The van der Waals surface area contributed by atoms with Crippen LogP contribution in [0.4, 0.5) is 11.5 Å². The molecule has 3 aromatic rings. The molecule has 0 aliphatic heterocycles. The first-order valence-corrected chi connectivity index (χ1v) is 7.71. The van der Waals surface area contributed by atoms with E-state index in [1.807, 2.05) is 24.3 Å². The minimum absolute atomic E-state index is 0.453. The molecule has 0 amide bonds. The third-order valence-corrected chi connectivity index (χ3v) is 3.76. The lowest BCUT2D eigenvalue weighted by Gasteiger charge is -2.10. The van der Waals surface area contributed by atoms with Crippen LogP contribution in [0.25, 0.3) is 16.3 Å². The molecule has 3 N–H and O–H groups in total. The number of fused-ring (bicyclic) bond motifs is 1. The first kappa shape index (κ1) is 16.0. The maximum absolute atomic E-state index is 5.82. The van der Waals surface area contributed by atoms with E-state index in [2.05, 4.69) is 26.3 Å². The van der Waals surface area contributed by atoms with Gasteiger partial charge < -0.3 is 11.1 Å². The molecule has 5 nitrogen and oxygen atoms in total. The number of allylic oxidation sites excluding steroid dienone is 1. The Morgan fingerprint density at radius 2 is 2.08 bits per heavy atom. The lowest BCUT2D eigenvalue weighted by atomic mass is 10.0. The average molecular weight is 338 g/mol. The number of halogens is 1. The summed E-state index contributed by atoms with van der Waals surface area (Å²) in [4.78, 5) is 12.5. The number of hydrogen-bond donors (Lipinski definition) is 2. The van der Waals surface area contributed by atoms with Gasteiger partial charge in [-0.3, -0.25) is 4.99 Å². The molecule has 0 radical (unpaired) electrons. The second-order valence-corrected chi connectivity index (χ2v) is 5.49. The van der Waals surface area contributed by atoms with E-state index < -0.39 is 0 Å². The van der Waals surface area contributed by atoms with E-state index in [1.165, 1.54) is 0 Å². The molecule has 1 aromatic carbocycles. The zero-order chi connectivity index (χ0) is 16.9. The highest BCUT2D eigenvalue weighted by atomic mass is 35.5. The average Bonchev–Trinajstić information content (AvgIpc) is 2.61. The van der Waals surface area contributed by atoms with E-state index in [4.69, 9.17) is 17.3 Å². The zero-order valence-electron chi connectivity index (χ0n) is 13.1. The number of aromatic nitrogens is 2. The summed E-state index contributed by atoms with van der Waals surface area (Å²) in [6, 6.07) is 11.6. The molecular weight excluding hydrogens is 322 g/mol. The number of pyridine rings is 2. The Morgan fingerprint density at radius 3 is 2.79 bits per heavy atom. The second-order valence-electron chi connectivity index (χ2n) is 5.10. The number of nitrogens with zero attached hydrogens (tertiary/aromatic N) is 3. The van der Waals surface area contributed by atoms with Crippen molar-refractivity contribution < 1.29 is 0 Å². The molecule has 0 unspecified atom stereocenters. The monoisotopic (exact) mass is 337 g/mol. The summed E-state index contributed by atoms with van der Waals surface area (Å²) in [7, 11) is 1.72. The van der Waals surface area contributed by atoms with E-state index >= 15 is 0 Å². The highest BCUT2D eigenvalue weighted by Gasteiger charge is 2.06. The molecule has 0 aliphatic carbocycles. The minimum Gasteiger partial charge on any atom is -0.404 e. The number of nitrogens with one attached hydrogen (secondary N) is 1. The number of rotatable bonds is 4. The zero-order valence-corrected chi connectivity index (χ0v) is 13.8. The van der Waals surface area contributed by atoms with Crippen molar-refractivity contribution in [2.24, 2.45) is 10.7 Å². The van der Waals surface area contributed by atoms with Gasteiger partial charge in [-0.1, -0.05) is 23.7 Å². The van der Waals surface area contributed by atoms with Gasteiger partial charge in [0.05, 0.1) is 11.9 Å². The Hall–Kier alpha value is -2.92. The highest BCUT2D eigenvalue weighted by molar-refractivity contribution is 6.29. The van der Waals surface area contributed by atoms with Gasteiger partial charge in [-0.05, 0) is 35.2 Å².